The summed E-state index contributed by atoms with van der Waals surface area (Å²) in [4.78, 5) is 18.0. The van der Waals surface area contributed by atoms with Crippen LogP contribution >= 0.6 is 11.3 Å². The number of rotatable bonds is 3. The summed E-state index contributed by atoms with van der Waals surface area (Å²) in [5.41, 5.74) is 5.05. The van der Waals surface area contributed by atoms with Crippen LogP contribution in [-0.2, 0) is 11.2 Å². The Morgan fingerprint density at radius 3 is 3.00 bits per heavy atom. The lowest BCUT2D eigenvalue weighted by Crippen LogP contribution is -2.25. The van der Waals surface area contributed by atoms with Gasteiger partial charge in [-0.2, -0.15) is 0 Å². The largest absolute Gasteiger partial charge is 0.454 e. The molecule has 0 saturated carbocycles. The van der Waals surface area contributed by atoms with Gasteiger partial charge in [0.05, 0.1) is 11.3 Å². The van der Waals surface area contributed by atoms with Gasteiger partial charge >= 0.3 is 0 Å². The highest BCUT2D eigenvalue weighted by molar-refractivity contribution is 7.13. The van der Waals surface area contributed by atoms with E-state index in [9.17, 15) is 4.79 Å². The van der Waals surface area contributed by atoms with Gasteiger partial charge in [-0.15, -0.1) is 11.3 Å². The van der Waals surface area contributed by atoms with Crippen molar-refractivity contribution in [1.82, 2.24) is 4.98 Å². The van der Waals surface area contributed by atoms with Gasteiger partial charge in [0.1, 0.15) is 0 Å². The van der Waals surface area contributed by atoms with Crippen LogP contribution in [0.2, 0.25) is 0 Å². The van der Waals surface area contributed by atoms with Gasteiger partial charge in [-0.25, -0.2) is 4.98 Å². The minimum Gasteiger partial charge on any atom is -0.454 e. The van der Waals surface area contributed by atoms with Crippen LogP contribution < -0.4 is 19.7 Å². The molecule has 27 heavy (non-hydrogen) atoms. The van der Waals surface area contributed by atoms with E-state index in [0.29, 0.717) is 0 Å². The molecule has 0 fully saturated rings. The first-order valence-electron chi connectivity index (χ1n) is 8.71. The molecule has 0 saturated heterocycles. The zero-order valence-electron chi connectivity index (χ0n) is 14.7. The van der Waals surface area contributed by atoms with Crippen molar-refractivity contribution in [2.24, 2.45) is 0 Å². The van der Waals surface area contributed by atoms with Gasteiger partial charge < -0.3 is 19.7 Å². The zero-order chi connectivity index (χ0) is 18.4. The minimum atomic E-state index is 0.0740. The number of carbonyl (C=O) groups is 1. The van der Waals surface area contributed by atoms with Crippen molar-refractivity contribution in [1.29, 1.82) is 0 Å². The van der Waals surface area contributed by atoms with Gasteiger partial charge in [-0.3, -0.25) is 4.79 Å². The normalized spacial score (nSPS) is 14.3. The number of ether oxygens (including phenoxy) is 2. The molecule has 2 aliphatic heterocycles. The van der Waals surface area contributed by atoms with E-state index in [1.54, 1.807) is 24.5 Å². The lowest BCUT2D eigenvalue weighted by molar-refractivity contribution is -0.116. The standard InChI is InChI=1S/C20H17N3O3S/c1-12(24)23-8-6-13-10-14(2-4-16(13)23)18-15(22-20-21-7-9-27-20)3-5-17-19(18)26-11-25-17/h2-5,7,9-10H,6,8,11H2,1H3,(H,21,22). The first-order chi connectivity index (χ1) is 13.2. The van der Waals surface area contributed by atoms with Crippen LogP contribution in [-0.4, -0.2) is 24.2 Å². The maximum atomic E-state index is 11.8. The average Bonchev–Trinajstić information content (AvgIpc) is 3.41. The predicted octanol–water partition coefficient (Wildman–Crippen LogP) is 4.19. The van der Waals surface area contributed by atoms with Crippen molar-refractivity contribution in [3.8, 4) is 22.6 Å². The third kappa shape index (κ3) is 2.71. The lowest BCUT2D eigenvalue weighted by atomic mass is 9.98. The fourth-order valence-electron chi connectivity index (χ4n) is 3.65. The summed E-state index contributed by atoms with van der Waals surface area (Å²) in [6, 6.07) is 10.1. The number of anilines is 3. The Bertz CT molecular complexity index is 1030. The molecule has 6 nitrogen and oxygen atoms in total. The molecule has 2 aliphatic rings. The number of benzene rings is 2. The molecule has 0 aliphatic carbocycles. The fourth-order valence-corrected chi connectivity index (χ4v) is 4.19. The SMILES string of the molecule is CC(=O)N1CCc2cc(-c3c(Nc4nccs4)ccc4c3OCO4)ccc21. The summed E-state index contributed by atoms with van der Waals surface area (Å²) in [7, 11) is 0. The van der Waals surface area contributed by atoms with Gasteiger partial charge in [-0.05, 0) is 41.8 Å². The van der Waals surface area contributed by atoms with Crippen molar-refractivity contribution in [3.63, 3.8) is 0 Å². The number of aromatic nitrogens is 1. The van der Waals surface area contributed by atoms with E-state index in [2.05, 4.69) is 16.4 Å². The van der Waals surface area contributed by atoms with Crippen molar-refractivity contribution in [3.05, 3.63) is 47.5 Å². The molecule has 0 bridgehead atoms. The van der Waals surface area contributed by atoms with Gasteiger partial charge in [0, 0.05) is 30.7 Å². The van der Waals surface area contributed by atoms with E-state index in [1.807, 2.05) is 34.5 Å². The molecule has 0 unspecified atom stereocenters. The number of fused-ring (bicyclic) bond motifs is 2. The van der Waals surface area contributed by atoms with Crippen molar-refractivity contribution in [2.45, 2.75) is 13.3 Å². The van der Waals surface area contributed by atoms with Gasteiger partial charge in [0.15, 0.2) is 16.6 Å². The quantitative estimate of drug-likeness (QED) is 0.739. The molecule has 136 valence electrons. The molecule has 1 amide bonds. The molecular weight excluding hydrogens is 362 g/mol. The second-order valence-corrected chi connectivity index (χ2v) is 7.34. The van der Waals surface area contributed by atoms with Crippen LogP contribution in [0.4, 0.5) is 16.5 Å². The second kappa shape index (κ2) is 6.28. The maximum absolute atomic E-state index is 11.8. The Morgan fingerprint density at radius 2 is 2.19 bits per heavy atom. The maximum Gasteiger partial charge on any atom is 0.231 e. The molecular formula is C20H17N3O3S. The smallest absolute Gasteiger partial charge is 0.231 e. The summed E-state index contributed by atoms with van der Waals surface area (Å²) >= 11 is 1.54. The highest BCUT2D eigenvalue weighted by atomic mass is 32.1. The molecule has 3 heterocycles. The number of nitrogens with zero attached hydrogens (tertiary/aromatic N) is 2. The molecule has 1 N–H and O–H groups in total. The van der Waals surface area contributed by atoms with Gasteiger partial charge in [-0.1, -0.05) is 6.07 Å². The van der Waals surface area contributed by atoms with Crippen molar-refractivity contribution in [2.75, 3.05) is 23.6 Å². The highest BCUT2D eigenvalue weighted by Crippen LogP contribution is 2.47. The first kappa shape index (κ1) is 16.1. The van der Waals surface area contributed by atoms with Crippen LogP contribution in [0.1, 0.15) is 12.5 Å². The number of hydrogen-bond acceptors (Lipinski definition) is 6. The molecule has 1 aromatic heterocycles. The average molecular weight is 379 g/mol. The number of nitrogens with one attached hydrogen (secondary N) is 1. The monoisotopic (exact) mass is 379 g/mol. The molecule has 3 aromatic rings. The Hall–Kier alpha value is -3.06. The van der Waals surface area contributed by atoms with E-state index in [1.165, 1.54) is 5.56 Å². The lowest BCUT2D eigenvalue weighted by Gasteiger charge is -2.17. The van der Waals surface area contributed by atoms with E-state index in [-0.39, 0.29) is 12.7 Å². The Kier molecular flexibility index (Phi) is 3.75. The van der Waals surface area contributed by atoms with Crippen molar-refractivity contribution >= 4 is 33.8 Å². The van der Waals surface area contributed by atoms with Gasteiger partial charge in [0.2, 0.25) is 12.7 Å². The number of amides is 1. The Labute approximate surface area is 160 Å². The summed E-state index contributed by atoms with van der Waals surface area (Å²) in [6.45, 7) is 2.55. The number of carbonyl (C=O) groups excluding carboxylic acids is 1. The Morgan fingerprint density at radius 1 is 1.26 bits per heavy atom. The fraction of sp³-hybridized carbons (Fsp3) is 0.200. The molecule has 0 atom stereocenters. The summed E-state index contributed by atoms with van der Waals surface area (Å²) in [5.74, 6) is 1.54. The summed E-state index contributed by atoms with van der Waals surface area (Å²) < 4.78 is 11.4. The van der Waals surface area contributed by atoms with Crippen LogP contribution in [0.25, 0.3) is 11.1 Å². The molecule has 2 aromatic carbocycles. The van der Waals surface area contributed by atoms with E-state index in [4.69, 9.17) is 9.47 Å². The third-order valence-corrected chi connectivity index (χ3v) is 5.55. The summed E-state index contributed by atoms with van der Waals surface area (Å²) in [6.07, 6.45) is 2.62. The van der Waals surface area contributed by atoms with Crippen LogP contribution in [0.15, 0.2) is 41.9 Å². The molecule has 5 rings (SSSR count). The second-order valence-electron chi connectivity index (χ2n) is 6.45. The van der Waals surface area contributed by atoms with E-state index in [0.717, 1.165) is 52.1 Å². The Balaban J connectivity index is 1.62. The molecule has 0 radical (unpaired) electrons. The first-order valence-corrected chi connectivity index (χ1v) is 9.59. The zero-order valence-corrected chi connectivity index (χ0v) is 15.5. The molecule has 0 spiro atoms. The third-order valence-electron chi connectivity index (χ3n) is 4.86. The van der Waals surface area contributed by atoms with Gasteiger partial charge in [0.25, 0.3) is 0 Å². The topological polar surface area (TPSA) is 63.7 Å². The van der Waals surface area contributed by atoms with Crippen LogP contribution in [0, 0.1) is 0 Å². The number of thiazole rings is 1. The summed E-state index contributed by atoms with van der Waals surface area (Å²) in [5, 5.41) is 6.13. The van der Waals surface area contributed by atoms with Crippen LogP contribution in [0.5, 0.6) is 11.5 Å². The predicted molar refractivity (Wildman–Crippen MR) is 105 cm³/mol. The van der Waals surface area contributed by atoms with E-state index >= 15 is 0 Å². The highest BCUT2D eigenvalue weighted by Gasteiger charge is 2.26. The number of hydrogen-bond donors (Lipinski definition) is 1. The van der Waals surface area contributed by atoms with E-state index < -0.39 is 0 Å². The minimum absolute atomic E-state index is 0.0740. The van der Waals surface area contributed by atoms with Crippen molar-refractivity contribution < 1.29 is 14.3 Å². The molecule has 7 heteroatoms. The van der Waals surface area contributed by atoms with Crippen LogP contribution in [0.3, 0.4) is 0 Å².